The van der Waals surface area contributed by atoms with Gasteiger partial charge in [0.15, 0.2) is 0 Å². The topological polar surface area (TPSA) is 79.7 Å². The van der Waals surface area contributed by atoms with Crippen LogP contribution in [0.4, 0.5) is 0 Å². The summed E-state index contributed by atoms with van der Waals surface area (Å²) < 4.78 is 0. The molecule has 0 aromatic heterocycles. The molecule has 0 radical (unpaired) electrons. The van der Waals surface area contributed by atoms with Crippen LogP contribution in [0.1, 0.15) is 83.5 Å². The maximum atomic E-state index is 6.61. The summed E-state index contributed by atoms with van der Waals surface area (Å²) in [6, 6.07) is 1.67. The van der Waals surface area contributed by atoms with Gasteiger partial charge < -0.3 is 17.2 Å². The van der Waals surface area contributed by atoms with Gasteiger partial charge in [-0.3, -0.25) is 0 Å². The summed E-state index contributed by atoms with van der Waals surface area (Å²) in [7, 11) is 0. The second-order valence-electron chi connectivity index (χ2n) is 9.24. The molecule has 3 saturated carbocycles. The lowest BCUT2D eigenvalue weighted by Crippen LogP contribution is -2.61. The predicted molar refractivity (Wildman–Crippen MR) is 96.6 cm³/mol. The molecule has 0 aliphatic heterocycles. The third-order valence-electron chi connectivity index (χ3n) is 7.32. The van der Waals surface area contributed by atoms with Crippen molar-refractivity contribution >= 4 is 0 Å². The maximum absolute atomic E-state index is 6.61. The van der Waals surface area contributed by atoms with Crippen molar-refractivity contribution in [2.24, 2.45) is 35.1 Å². The van der Waals surface area contributed by atoms with Crippen LogP contribution in [0, 0.1) is 23.7 Å². The lowest BCUT2D eigenvalue weighted by atomic mass is 9.69. The molecule has 0 saturated heterocycles. The van der Waals surface area contributed by atoms with Crippen LogP contribution >= 0.6 is 0 Å². The van der Waals surface area contributed by atoms with Crippen LogP contribution in [-0.2, 0) is 0 Å². The van der Waals surface area contributed by atoms with Crippen molar-refractivity contribution in [2.75, 3.05) is 0 Å². The molecule has 23 heavy (non-hydrogen) atoms. The van der Waals surface area contributed by atoms with Gasteiger partial charge in [0.25, 0.3) is 0 Å². The van der Waals surface area contributed by atoms with E-state index in [9.17, 15) is 0 Å². The molecule has 0 aromatic carbocycles. The van der Waals surface area contributed by atoms with Gasteiger partial charge in [-0.25, -0.2) is 0 Å². The normalized spacial score (nSPS) is 45.8. The van der Waals surface area contributed by atoms with E-state index >= 15 is 0 Å². The van der Waals surface area contributed by atoms with Crippen molar-refractivity contribution in [3.05, 3.63) is 0 Å². The molecule has 3 aliphatic carbocycles. The highest BCUT2D eigenvalue weighted by atomic mass is 14.7. The third-order valence-corrected chi connectivity index (χ3v) is 7.32. The zero-order chi connectivity index (χ0) is 16.2. The summed E-state index contributed by atoms with van der Waals surface area (Å²) >= 11 is 0. The Bertz CT molecular complexity index is 343. The minimum atomic E-state index is 0.470. The smallest absolute Gasteiger partial charge is 0.0843 e. The molecule has 3 fully saturated rings. The Morgan fingerprint density at radius 2 is 1.22 bits per heavy atom. The van der Waals surface area contributed by atoms with Crippen LogP contribution in [0.25, 0.3) is 0 Å². The lowest BCUT2D eigenvalue weighted by molar-refractivity contribution is -0.426. The molecule has 3 unspecified atom stereocenters. The maximum Gasteiger partial charge on any atom is 0.0843 e. The second kappa shape index (κ2) is 8.31. The molecule has 3 aliphatic rings. The van der Waals surface area contributed by atoms with Gasteiger partial charge in [0.2, 0.25) is 0 Å². The van der Waals surface area contributed by atoms with Gasteiger partial charge in [-0.15, -0.1) is 0 Å². The molecule has 0 bridgehead atoms. The Kier molecular flexibility index (Phi) is 6.39. The number of rotatable bonds is 4. The zero-order valence-electron chi connectivity index (χ0n) is 15.1. The fourth-order valence-corrected chi connectivity index (χ4v) is 5.66. The van der Waals surface area contributed by atoms with Crippen LogP contribution in [0.5, 0.6) is 0 Å². The average molecular weight is 323 g/mol. The van der Waals surface area contributed by atoms with Gasteiger partial charge >= 0.3 is 0 Å². The second-order valence-corrected chi connectivity index (χ2v) is 9.24. The monoisotopic (exact) mass is 322 g/mol. The highest BCUT2D eigenvalue weighted by molar-refractivity contribution is 4.87. The first kappa shape index (κ1) is 17.7. The fourth-order valence-electron chi connectivity index (χ4n) is 5.66. The van der Waals surface area contributed by atoms with Gasteiger partial charge in [0, 0.05) is 12.1 Å². The Labute approximate surface area is 143 Å². The van der Waals surface area contributed by atoms with Gasteiger partial charge in [-0.05, 0) is 101 Å². The van der Waals surface area contributed by atoms with Crippen molar-refractivity contribution in [2.45, 2.75) is 102 Å². The van der Waals surface area contributed by atoms with Crippen LogP contribution in [-0.4, -0.2) is 18.1 Å². The summed E-state index contributed by atoms with van der Waals surface area (Å²) in [5.41, 5.74) is 16.9. The van der Waals surface area contributed by atoms with E-state index in [2.05, 4.69) is 5.73 Å². The van der Waals surface area contributed by atoms with Crippen LogP contribution in [0.15, 0.2) is 0 Å². The van der Waals surface area contributed by atoms with Crippen molar-refractivity contribution in [3.8, 4) is 0 Å². The zero-order valence-corrected chi connectivity index (χ0v) is 15.1. The average Bonchev–Trinajstić information content (AvgIpc) is 2.54. The molecular weight excluding hydrogens is 282 g/mol. The van der Waals surface area contributed by atoms with E-state index in [-0.39, 0.29) is 0 Å². The molecule has 134 valence electrons. The SMILES string of the molecule is NC1CCC(CC2CCC(CC3CCC([NH3+])CC3)C(N)C2)CC1. The van der Waals surface area contributed by atoms with E-state index in [0.717, 1.165) is 29.7 Å². The van der Waals surface area contributed by atoms with E-state index in [1.807, 2.05) is 0 Å². The van der Waals surface area contributed by atoms with E-state index in [0.29, 0.717) is 12.1 Å². The lowest BCUT2D eigenvalue weighted by Gasteiger charge is -2.38. The van der Waals surface area contributed by atoms with Gasteiger partial charge in [0.05, 0.1) is 6.04 Å². The molecule has 3 rings (SSSR count). The number of nitrogens with two attached hydrogens (primary N) is 2. The molecule has 3 heteroatoms. The quantitative estimate of drug-likeness (QED) is 0.744. The van der Waals surface area contributed by atoms with Gasteiger partial charge in [-0.2, -0.15) is 0 Å². The van der Waals surface area contributed by atoms with Crippen molar-refractivity contribution in [3.63, 3.8) is 0 Å². The largest absolute Gasteiger partial charge is 0.355 e. The summed E-state index contributed by atoms with van der Waals surface area (Å²) in [6.45, 7) is 0. The van der Waals surface area contributed by atoms with E-state index in [4.69, 9.17) is 11.5 Å². The fraction of sp³-hybridized carbons (Fsp3) is 1.00. The first-order valence-electron chi connectivity index (χ1n) is 10.4. The first-order chi connectivity index (χ1) is 11.1. The molecule has 0 aromatic rings. The van der Waals surface area contributed by atoms with E-state index in [1.165, 1.54) is 83.5 Å². The Morgan fingerprint density at radius 3 is 1.87 bits per heavy atom. The Morgan fingerprint density at radius 1 is 0.652 bits per heavy atom. The molecular formula is C20H40N3+. The Balaban J connectivity index is 1.39. The summed E-state index contributed by atoms with van der Waals surface area (Å²) in [5, 5.41) is 0. The molecule has 0 spiro atoms. The number of quaternary nitrogens is 1. The number of hydrogen-bond acceptors (Lipinski definition) is 2. The summed E-state index contributed by atoms with van der Waals surface area (Å²) in [6.07, 6.45) is 17.7. The molecule has 3 nitrogen and oxygen atoms in total. The molecule has 0 amide bonds. The Hall–Kier alpha value is -0.120. The molecule has 3 atom stereocenters. The van der Waals surface area contributed by atoms with Gasteiger partial charge in [-0.1, -0.05) is 6.42 Å². The predicted octanol–water partition coefficient (Wildman–Crippen LogP) is 2.83. The number of hydrogen-bond donors (Lipinski definition) is 3. The third kappa shape index (κ3) is 5.17. The minimum Gasteiger partial charge on any atom is -0.355 e. The standard InChI is InChI=1S/C20H39N3/c21-18-7-2-14(3-8-18)11-16-1-6-17(20(23)13-16)12-15-4-9-19(22)10-5-15/h14-20H,1-13,21-23H2/p+1. The first-order valence-corrected chi connectivity index (χ1v) is 10.4. The highest BCUT2D eigenvalue weighted by Crippen LogP contribution is 2.39. The molecule has 0 heterocycles. The highest BCUT2D eigenvalue weighted by Gasteiger charge is 2.32. The van der Waals surface area contributed by atoms with Crippen molar-refractivity contribution in [1.29, 1.82) is 0 Å². The van der Waals surface area contributed by atoms with Crippen LogP contribution < -0.4 is 17.2 Å². The van der Waals surface area contributed by atoms with E-state index < -0.39 is 0 Å². The van der Waals surface area contributed by atoms with Crippen LogP contribution in [0.3, 0.4) is 0 Å². The molecule has 7 N–H and O–H groups in total. The van der Waals surface area contributed by atoms with Crippen molar-refractivity contribution in [1.82, 2.24) is 0 Å². The van der Waals surface area contributed by atoms with Crippen molar-refractivity contribution < 1.29 is 5.73 Å². The minimum absolute atomic E-state index is 0.470. The summed E-state index contributed by atoms with van der Waals surface area (Å²) in [5.74, 6) is 3.59. The van der Waals surface area contributed by atoms with Gasteiger partial charge in [0.1, 0.15) is 0 Å². The van der Waals surface area contributed by atoms with E-state index in [1.54, 1.807) is 0 Å². The van der Waals surface area contributed by atoms with Crippen LogP contribution in [0.2, 0.25) is 0 Å². The summed E-state index contributed by atoms with van der Waals surface area (Å²) in [4.78, 5) is 0.